The van der Waals surface area contributed by atoms with Gasteiger partial charge in [0.2, 0.25) is 5.91 Å². The summed E-state index contributed by atoms with van der Waals surface area (Å²) in [6, 6.07) is 0.284. The zero-order valence-electron chi connectivity index (χ0n) is 12.9. The van der Waals surface area contributed by atoms with Crippen molar-refractivity contribution in [2.45, 2.75) is 59.4 Å². The number of nitrogens with zero attached hydrogens (tertiary/aromatic N) is 1. The van der Waals surface area contributed by atoms with Crippen LogP contribution in [0.25, 0.3) is 0 Å². The molecule has 1 aliphatic carbocycles. The smallest absolute Gasteiger partial charge is 0.319 e. The molecule has 0 aliphatic heterocycles. The van der Waals surface area contributed by atoms with Crippen molar-refractivity contribution >= 4 is 11.9 Å². The van der Waals surface area contributed by atoms with E-state index in [1.165, 1.54) is 12.8 Å². The third kappa shape index (κ3) is 3.95. The molecule has 110 valence electrons. The van der Waals surface area contributed by atoms with Crippen molar-refractivity contribution in [2.75, 3.05) is 13.7 Å². The topological polar surface area (TPSA) is 46.6 Å². The second-order valence-electron chi connectivity index (χ2n) is 6.44. The van der Waals surface area contributed by atoms with Gasteiger partial charge in [-0.2, -0.15) is 0 Å². The highest BCUT2D eigenvalue weighted by Gasteiger charge is 2.42. The van der Waals surface area contributed by atoms with Crippen LogP contribution < -0.4 is 0 Å². The Hall–Kier alpha value is -1.06. The number of hydrogen-bond donors (Lipinski definition) is 0. The van der Waals surface area contributed by atoms with E-state index in [2.05, 4.69) is 0 Å². The van der Waals surface area contributed by atoms with E-state index in [0.29, 0.717) is 6.61 Å². The molecule has 0 bridgehead atoms. The highest BCUT2D eigenvalue weighted by Crippen LogP contribution is 2.31. The van der Waals surface area contributed by atoms with Crippen LogP contribution in [0.2, 0.25) is 0 Å². The SMILES string of the molecule is CCOC(=O)C(C(=O)N(C)C1CCCC1)C(C)(C)C. The highest BCUT2D eigenvalue weighted by atomic mass is 16.5. The van der Waals surface area contributed by atoms with Crippen molar-refractivity contribution in [1.29, 1.82) is 0 Å². The largest absolute Gasteiger partial charge is 0.465 e. The summed E-state index contributed by atoms with van der Waals surface area (Å²) < 4.78 is 5.08. The molecule has 0 N–H and O–H groups in total. The zero-order chi connectivity index (χ0) is 14.6. The Bertz CT molecular complexity index is 327. The summed E-state index contributed by atoms with van der Waals surface area (Å²) in [4.78, 5) is 26.5. The van der Waals surface area contributed by atoms with Gasteiger partial charge in [-0.15, -0.1) is 0 Å². The summed E-state index contributed by atoms with van der Waals surface area (Å²) in [6.45, 7) is 7.81. The maximum atomic E-state index is 12.6. The standard InChI is InChI=1S/C15H27NO3/c1-6-19-14(18)12(15(2,3)4)13(17)16(5)11-9-7-8-10-11/h11-12H,6-10H2,1-5H3. The molecular formula is C15H27NO3. The summed E-state index contributed by atoms with van der Waals surface area (Å²) in [6.07, 6.45) is 4.42. The first-order chi connectivity index (χ1) is 8.79. The average Bonchev–Trinajstić information content (AvgIpc) is 2.79. The molecule has 1 atom stereocenters. The first-order valence-electron chi connectivity index (χ1n) is 7.22. The Morgan fingerprint density at radius 2 is 1.79 bits per heavy atom. The van der Waals surface area contributed by atoms with Gasteiger partial charge in [0.15, 0.2) is 0 Å². The summed E-state index contributed by atoms with van der Waals surface area (Å²) in [5.41, 5.74) is -0.420. The Labute approximate surface area is 116 Å². The number of rotatable bonds is 4. The quantitative estimate of drug-likeness (QED) is 0.582. The van der Waals surface area contributed by atoms with Crippen LogP contribution >= 0.6 is 0 Å². The fraction of sp³-hybridized carbons (Fsp3) is 0.867. The minimum atomic E-state index is -0.710. The second kappa shape index (κ2) is 6.40. The van der Waals surface area contributed by atoms with Gasteiger partial charge < -0.3 is 9.64 Å². The predicted octanol–water partition coefficient (Wildman–Crippen LogP) is 2.61. The molecular weight excluding hydrogens is 242 g/mol. The van der Waals surface area contributed by atoms with Crippen LogP contribution in [0.4, 0.5) is 0 Å². The van der Waals surface area contributed by atoms with Gasteiger partial charge in [-0.3, -0.25) is 9.59 Å². The van der Waals surface area contributed by atoms with Crippen LogP contribution in [0.1, 0.15) is 53.4 Å². The third-order valence-corrected chi connectivity index (χ3v) is 3.86. The lowest BCUT2D eigenvalue weighted by Gasteiger charge is -2.33. The first-order valence-corrected chi connectivity index (χ1v) is 7.22. The van der Waals surface area contributed by atoms with Gasteiger partial charge in [-0.25, -0.2) is 0 Å². The molecule has 1 saturated carbocycles. The summed E-state index contributed by atoms with van der Waals surface area (Å²) in [5.74, 6) is -1.21. The van der Waals surface area contributed by atoms with Crippen LogP contribution in [0.3, 0.4) is 0 Å². The number of ether oxygens (including phenoxy) is 1. The van der Waals surface area contributed by atoms with E-state index in [9.17, 15) is 9.59 Å². The maximum Gasteiger partial charge on any atom is 0.319 e. The maximum absolute atomic E-state index is 12.6. The molecule has 1 aliphatic rings. The molecule has 1 unspecified atom stereocenters. The van der Waals surface area contributed by atoms with E-state index in [1.807, 2.05) is 27.8 Å². The van der Waals surface area contributed by atoms with Crippen LogP contribution in [-0.2, 0) is 14.3 Å². The van der Waals surface area contributed by atoms with E-state index in [4.69, 9.17) is 4.74 Å². The van der Waals surface area contributed by atoms with Gasteiger partial charge >= 0.3 is 5.97 Å². The van der Waals surface area contributed by atoms with E-state index in [-0.39, 0.29) is 11.9 Å². The van der Waals surface area contributed by atoms with E-state index < -0.39 is 17.3 Å². The van der Waals surface area contributed by atoms with Gasteiger partial charge in [0.25, 0.3) is 0 Å². The number of amides is 1. The fourth-order valence-electron chi connectivity index (χ4n) is 2.73. The lowest BCUT2D eigenvalue weighted by Crippen LogP contribution is -2.47. The summed E-state index contributed by atoms with van der Waals surface area (Å²) in [7, 11) is 1.82. The Morgan fingerprint density at radius 3 is 2.21 bits per heavy atom. The van der Waals surface area contributed by atoms with E-state index >= 15 is 0 Å². The van der Waals surface area contributed by atoms with Crippen molar-refractivity contribution in [3.05, 3.63) is 0 Å². The minimum Gasteiger partial charge on any atom is -0.465 e. The molecule has 4 nitrogen and oxygen atoms in total. The molecule has 0 heterocycles. The Balaban J connectivity index is 2.84. The van der Waals surface area contributed by atoms with E-state index in [1.54, 1.807) is 11.8 Å². The van der Waals surface area contributed by atoms with Crippen LogP contribution in [0.15, 0.2) is 0 Å². The van der Waals surface area contributed by atoms with Crippen LogP contribution in [-0.4, -0.2) is 36.5 Å². The fourth-order valence-corrected chi connectivity index (χ4v) is 2.73. The average molecular weight is 269 g/mol. The third-order valence-electron chi connectivity index (χ3n) is 3.86. The molecule has 1 rings (SSSR count). The molecule has 0 aromatic heterocycles. The Morgan fingerprint density at radius 1 is 1.26 bits per heavy atom. The van der Waals surface area contributed by atoms with Gasteiger partial charge in [-0.1, -0.05) is 33.6 Å². The lowest BCUT2D eigenvalue weighted by molar-refractivity contribution is -0.160. The molecule has 0 aromatic rings. The molecule has 4 heteroatoms. The van der Waals surface area contributed by atoms with Gasteiger partial charge in [0.1, 0.15) is 5.92 Å². The summed E-state index contributed by atoms with van der Waals surface area (Å²) >= 11 is 0. The van der Waals surface area contributed by atoms with Gasteiger partial charge in [-0.05, 0) is 25.2 Å². The minimum absolute atomic E-state index is 0.0992. The molecule has 0 aromatic carbocycles. The number of carbonyl (C=O) groups is 2. The normalized spacial score (nSPS) is 18.2. The molecule has 19 heavy (non-hydrogen) atoms. The lowest BCUT2D eigenvalue weighted by atomic mass is 9.79. The molecule has 1 fully saturated rings. The second-order valence-corrected chi connectivity index (χ2v) is 6.44. The predicted molar refractivity (Wildman–Crippen MR) is 74.6 cm³/mol. The summed E-state index contributed by atoms with van der Waals surface area (Å²) in [5, 5.41) is 0. The Kier molecular flexibility index (Phi) is 5.39. The molecule has 0 saturated heterocycles. The van der Waals surface area contributed by atoms with E-state index in [0.717, 1.165) is 12.8 Å². The van der Waals surface area contributed by atoms with Crippen molar-refractivity contribution in [3.8, 4) is 0 Å². The number of esters is 1. The number of hydrogen-bond acceptors (Lipinski definition) is 3. The van der Waals surface area contributed by atoms with Crippen molar-refractivity contribution < 1.29 is 14.3 Å². The number of carbonyl (C=O) groups excluding carboxylic acids is 2. The van der Waals surface area contributed by atoms with Crippen LogP contribution in [0.5, 0.6) is 0 Å². The zero-order valence-corrected chi connectivity index (χ0v) is 12.9. The van der Waals surface area contributed by atoms with Gasteiger partial charge in [0.05, 0.1) is 6.61 Å². The van der Waals surface area contributed by atoms with Gasteiger partial charge in [0, 0.05) is 13.1 Å². The molecule has 0 spiro atoms. The van der Waals surface area contributed by atoms with Crippen molar-refractivity contribution in [1.82, 2.24) is 4.90 Å². The van der Waals surface area contributed by atoms with Crippen molar-refractivity contribution in [2.24, 2.45) is 11.3 Å². The molecule has 1 amide bonds. The first kappa shape index (κ1) is 16.0. The molecule has 0 radical (unpaired) electrons. The van der Waals surface area contributed by atoms with Crippen molar-refractivity contribution in [3.63, 3.8) is 0 Å². The van der Waals surface area contributed by atoms with Crippen LogP contribution in [0, 0.1) is 11.3 Å². The highest BCUT2D eigenvalue weighted by molar-refractivity contribution is 5.98. The monoisotopic (exact) mass is 269 g/mol.